The number of hydrogen-bond acceptors (Lipinski definition) is 0. The van der Waals surface area contributed by atoms with Gasteiger partial charge in [0.15, 0.2) is 0 Å². The predicted octanol–water partition coefficient (Wildman–Crippen LogP) is 3.33. The molecule has 60 valence electrons. The highest BCUT2D eigenvalue weighted by Gasteiger charge is 2.30. The third-order valence-corrected chi connectivity index (χ3v) is 2.04. The zero-order chi connectivity index (χ0) is 8.10. The largest absolute Gasteiger partial charge is 0.103 e. The smallest absolute Gasteiger partial charge is 0.0161 e. The van der Waals surface area contributed by atoms with Crippen LogP contribution in [-0.4, -0.2) is 0 Å². The molecule has 1 aliphatic carbocycles. The summed E-state index contributed by atoms with van der Waals surface area (Å²) < 4.78 is 0. The first-order chi connectivity index (χ1) is 5.38. The summed E-state index contributed by atoms with van der Waals surface area (Å²) in [4.78, 5) is 0. The van der Waals surface area contributed by atoms with Crippen molar-refractivity contribution in [2.24, 2.45) is 11.8 Å². The molecular weight excluding hydrogens is 132 g/mol. The molecule has 0 radical (unpaired) electrons. The highest BCUT2D eigenvalue weighted by molar-refractivity contribution is 5.13. The lowest BCUT2D eigenvalue weighted by atomic mass is 10.3. The third-order valence-electron chi connectivity index (χ3n) is 2.04. The molecule has 1 saturated carbocycles. The molecule has 0 amide bonds. The van der Waals surface area contributed by atoms with Gasteiger partial charge in [-0.1, -0.05) is 37.3 Å². The lowest BCUT2D eigenvalue weighted by Crippen LogP contribution is -1.68. The Hall–Kier alpha value is -0.780. The van der Waals surface area contributed by atoms with Crippen LogP contribution >= 0.6 is 0 Å². The maximum absolute atomic E-state index is 3.77. The molecule has 0 aromatic carbocycles. The van der Waals surface area contributed by atoms with Gasteiger partial charge in [0, 0.05) is 0 Å². The average Bonchev–Trinajstić information content (AvgIpc) is 2.77. The van der Waals surface area contributed by atoms with E-state index >= 15 is 0 Å². The summed E-state index contributed by atoms with van der Waals surface area (Å²) in [5, 5.41) is 0. The molecule has 0 aromatic heterocycles. The van der Waals surface area contributed by atoms with E-state index in [2.05, 4.69) is 43.9 Å². The van der Waals surface area contributed by atoms with Gasteiger partial charge in [-0.3, -0.25) is 0 Å². The highest BCUT2D eigenvalue weighted by Crippen LogP contribution is 2.40. The Balaban J connectivity index is 2.17. The standard InChI is InChI=1S/C11H16/c1-3-5-6-7-8-11-9-10(11)4-2/h4-8,10-11H,2-3,9H2,1H3/b6-5+,8-7+/t10-,11-/m1/s1. The van der Waals surface area contributed by atoms with Gasteiger partial charge in [0.25, 0.3) is 0 Å². The molecule has 0 saturated heterocycles. The van der Waals surface area contributed by atoms with Crippen molar-refractivity contribution in [3.8, 4) is 0 Å². The topological polar surface area (TPSA) is 0 Å². The van der Waals surface area contributed by atoms with Crippen molar-refractivity contribution in [2.75, 3.05) is 0 Å². The number of allylic oxidation sites excluding steroid dienone is 5. The van der Waals surface area contributed by atoms with Crippen molar-refractivity contribution in [1.29, 1.82) is 0 Å². The highest BCUT2D eigenvalue weighted by atomic mass is 14.3. The molecular formula is C11H16. The summed E-state index contributed by atoms with van der Waals surface area (Å²) in [6.07, 6.45) is 13.2. The lowest BCUT2D eigenvalue weighted by Gasteiger charge is -1.80. The molecule has 0 spiro atoms. The molecule has 0 aromatic rings. The molecule has 0 heteroatoms. The van der Waals surface area contributed by atoms with Gasteiger partial charge in [-0.05, 0) is 24.7 Å². The number of rotatable bonds is 4. The first-order valence-electron chi connectivity index (χ1n) is 4.34. The SMILES string of the molecule is C=C[C@@H]1C[C@H]1/C=C/C=C/CC. The van der Waals surface area contributed by atoms with Gasteiger partial charge in [0.2, 0.25) is 0 Å². The van der Waals surface area contributed by atoms with Gasteiger partial charge in [-0.2, -0.15) is 0 Å². The summed E-state index contributed by atoms with van der Waals surface area (Å²) in [6.45, 7) is 5.91. The van der Waals surface area contributed by atoms with Crippen LogP contribution in [0.25, 0.3) is 0 Å². The van der Waals surface area contributed by atoms with E-state index < -0.39 is 0 Å². The van der Waals surface area contributed by atoms with Crippen molar-refractivity contribution in [1.82, 2.24) is 0 Å². The van der Waals surface area contributed by atoms with Crippen LogP contribution < -0.4 is 0 Å². The predicted molar refractivity (Wildman–Crippen MR) is 50.4 cm³/mol. The molecule has 11 heavy (non-hydrogen) atoms. The second kappa shape index (κ2) is 4.17. The summed E-state index contributed by atoms with van der Waals surface area (Å²) in [5.74, 6) is 1.55. The summed E-state index contributed by atoms with van der Waals surface area (Å²) >= 11 is 0. The fourth-order valence-corrected chi connectivity index (χ4v) is 1.15. The van der Waals surface area contributed by atoms with E-state index in [4.69, 9.17) is 0 Å². The van der Waals surface area contributed by atoms with Gasteiger partial charge >= 0.3 is 0 Å². The second-order valence-corrected chi connectivity index (χ2v) is 3.02. The Morgan fingerprint density at radius 2 is 2.18 bits per heavy atom. The molecule has 2 atom stereocenters. The Morgan fingerprint density at radius 1 is 1.36 bits per heavy atom. The van der Waals surface area contributed by atoms with Crippen LogP contribution in [0.2, 0.25) is 0 Å². The van der Waals surface area contributed by atoms with E-state index in [-0.39, 0.29) is 0 Å². The van der Waals surface area contributed by atoms with Crippen molar-refractivity contribution in [2.45, 2.75) is 19.8 Å². The van der Waals surface area contributed by atoms with Gasteiger partial charge in [0.05, 0.1) is 0 Å². The van der Waals surface area contributed by atoms with E-state index in [1.54, 1.807) is 0 Å². The van der Waals surface area contributed by atoms with Gasteiger partial charge in [-0.25, -0.2) is 0 Å². The second-order valence-electron chi connectivity index (χ2n) is 3.02. The Bertz CT molecular complexity index is 174. The molecule has 0 unspecified atom stereocenters. The van der Waals surface area contributed by atoms with E-state index in [1.165, 1.54) is 6.42 Å². The quantitative estimate of drug-likeness (QED) is 0.424. The fourth-order valence-electron chi connectivity index (χ4n) is 1.15. The van der Waals surface area contributed by atoms with Crippen LogP contribution in [-0.2, 0) is 0 Å². The van der Waals surface area contributed by atoms with Gasteiger partial charge in [0.1, 0.15) is 0 Å². The first kappa shape index (κ1) is 8.32. The van der Waals surface area contributed by atoms with Crippen LogP contribution in [0.5, 0.6) is 0 Å². The Labute approximate surface area is 69.3 Å². The van der Waals surface area contributed by atoms with Gasteiger partial charge < -0.3 is 0 Å². The molecule has 1 fully saturated rings. The van der Waals surface area contributed by atoms with Crippen LogP contribution in [0.1, 0.15) is 19.8 Å². The minimum Gasteiger partial charge on any atom is -0.103 e. The molecule has 0 bridgehead atoms. The minimum atomic E-state index is 0.765. The van der Waals surface area contributed by atoms with Crippen molar-refractivity contribution in [3.05, 3.63) is 37.0 Å². The Morgan fingerprint density at radius 3 is 2.73 bits per heavy atom. The monoisotopic (exact) mass is 148 g/mol. The van der Waals surface area contributed by atoms with E-state index in [1.807, 2.05) is 0 Å². The maximum Gasteiger partial charge on any atom is -0.0161 e. The van der Waals surface area contributed by atoms with Crippen LogP contribution in [0.15, 0.2) is 37.0 Å². The molecule has 0 N–H and O–H groups in total. The van der Waals surface area contributed by atoms with Crippen molar-refractivity contribution >= 4 is 0 Å². The van der Waals surface area contributed by atoms with E-state index in [0.29, 0.717) is 0 Å². The minimum absolute atomic E-state index is 0.765. The van der Waals surface area contributed by atoms with Crippen LogP contribution in [0.3, 0.4) is 0 Å². The van der Waals surface area contributed by atoms with Gasteiger partial charge in [-0.15, -0.1) is 6.58 Å². The zero-order valence-corrected chi connectivity index (χ0v) is 7.16. The summed E-state index contributed by atoms with van der Waals surface area (Å²) in [6, 6.07) is 0. The summed E-state index contributed by atoms with van der Waals surface area (Å²) in [5.41, 5.74) is 0. The zero-order valence-electron chi connectivity index (χ0n) is 7.16. The molecule has 1 rings (SSSR count). The van der Waals surface area contributed by atoms with Crippen molar-refractivity contribution < 1.29 is 0 Å². The van der Waals surface area contributed by atoms with Crippen LogP contribution in [0.4, 0.5) is 0 Å². The van der Waals surface area contributed by atoms with E-state index in [0.717, 1.165) is 18.3 Å². The summed E-state index contributed by atoms with van der Waals surface area (Å²) in [7, 11) is 0. The molecule has 0 heterocycles. The third kappa shape index (κ3) is 2.75. The Kier molecular flexibility index (Phi) is 3.15. The number of hydrogen-bond donors (Lipinski definition) is 0. The first-order valence-corrected chi connectivity index (χ1v) is 4.34. The lowest BCUT2D eigenvalue weighted by molar-refractivity contribution is 0.998. The van der Waals surface area contributed by atoms with E-state index in [9.17, 15) is 0 Å². The molecule has 0 nitrogen and oxygen atoms in total. The molecule has 1 aliphatic rings. The fraction of sp³-hybridized carbons (Fsp3) is 0.455. The normalized spacial score (nSPS) is 29.9. The van der Waals surface area contributed by atoms with Crippen LogP contribution in [0, 0.1) is 11.8 Å². The average molecular weight is 148 g/mol. The maximum atomic E-state index is 3.77. The van der Waals surface area contributed by atoms with Crippen molar-refractivity contribution in [3.63, 3.8) is 0 Å². The molecule has 0 aliphatic heterocycles.